The lowest BCUT2D eigenvalue weighted by Gasteiger charge is -2.24. The molecule has 3 amide bonds. The van der Waals surface area contributed by atoms with Crippen molar-refractivity contribution in [1.82, 2.24) is 15.2 Å². The lowest BCUT2D eigenvalue weighted by atomic mass is 9.84. The third-order valence-corrected chi connectivity index (χ3v) is 5.77. The smallest absolute Gasteiger partial charge is 0.325 e. The molecule has 1 aliphatic rings. The predicted molar refractivity (Wildman–Crippen MR) is 118 cm³/mol. The molecular formula is C25H27N3O3. The molecule has 1 unspecified atom stereocenters. The molecule has 1 aromatic heterocycles. The van der Waals surface area contributed by atoms with Crippen LogP contribution in [0, 0.1) is 6.92 Å². The minimum absolute atomic E-state index is 0.0104. The Morgan fingerprint density at radius 2 is 1.68 bits per heavy atom. The molecule has 3 aromatic rings. The number of oxazole rings is 1. The predicted octanol–water partition coefficient (Wildman–Crippen LogP) is 4.91. The molecule has 1 atom stereocenters. The fourth-order valence-electron chi connectivity index (χ4n) is 3.71. The van der Waals surface area contributed by atoms with Crippen LogP contribution in [0.4, 0.5) is 4.79 Å². The highest BCUT2D eigenvalue weighted by molar-refractivity contribution is 6.07. The van der Waals surface area contributed by atoms with Crippen molar-refractivity contribution in [3.8, 4) is 11.5 Å². The standard InChI is InChI=1S/C25H27N3O3/c1-16-6-8-17(9-7-16)21-26-20(15-31-21)14-28-22(29)25(5,27-23(28)30)19-12-10-18(11-13-19)24(2,3)4/h6-13,15H,14H2,1-5H3,(H,27,30). The Morgan fingerprint density at radius 3 is 2.29 bits per heavy atom. The zero-order chi connectivity index (χ0) is 22.4. The van der Waals surface area contributed by atoms with Crippen LogP contribution < -0.4 is 5.32 Å². The molecule has 2 heterocycles. The highest BCUT2D eigenvalue weighted by atomic mass is 16.3. The zero-order valence-corrected chi connectivity index (χ0v) is 18.5. The summed E-state index contributed by atoms with van der Waals surface area (Å²) < 4.78 is 5.57. The van der Waals surface area contributed by atoms with E-state index in [-0.39, 0.29) is 17.9 Å². The van der Waals surface area contributed by atoms with Crippen LogP contribution in [0.25, 0.3) is 11.5 Å². The largest absolute Gasteiger partial charge is 0.444 e. The molecule has 31 heavy (non-hydrogen) atoms. The Bertz CT molecular complexity index is 1120. The van der Waals surface area contributed by atoms with E-state index in [1.165, 1.54) is 16.7 Å². The van der Waals surface area contributed by atoms with Gasteiger partial charge in [0.25, 0.3) is 5.91 Å². The molecule has 0 aliphatic carbocycles. The van der Waals surface area contributed by atoms with Crippen LogP contribution in [0.3, 0.4) is 0 Å². The van der Waals surface area contributed by atoms with Gasteiger partial charge in [0.15, 0.2) is 0 Å². The Morgan fingerprint density at radius 1 is 1.03 bits per heavy atom. The van der Waals surface area contributed by atoms with Crippen molar-refractivity contribution in [2.75, 3.05) is 0 Å². The molecule has 160 valence electrons. The monoisotopic (exact) mass is 417 g/mol. The van der Waals surface area contributed by atoms with Gasteiger partial charge in [-0.25, -0.2) is 9.78 Å². The van der Waals surface area contributed by atoms with Gasteiger partial charge in [0, 0.05) is 5.56 Å². The molecule has 0 radical (unpaired) electrons. The van der Waals surface area contributed by atoms with Crippen molar-refractivity contribution < 1.29 is 14.0 Å². The van der Waals surface area contributed by atoms with Crippen molar-refractivity contribution in [3.63, 3.8) is 0 Å². The molecule has 1 N–H and O–H groups in total. The number of carbonyl (C=O) groups is 2. The van der Waals surface area contributed by atoms with E-state index in [0.717, 1.165) is 16.7 Å². The number of benzene rings is 2. The van der Waals surface area contributed by atoms with Crippen LogP contribution in [0.5, 0.6) is 0 Å². The summed E-state index contributed by atoms with van der Waals surface area (Å²) in [6.07, 6.45) is 1.49. The van der Waals surface area contributed by atoms with E-state index in [4.69, 9.17) is 4.42 Å². The second-order valence-corrected chi connectivity index (χ2v) is 9.28. The zero-order valence-electron chi connectivity index (χ0n) is 18.5. The van der Waals surface area contributed by atoms with E-state index < -0.39 is 11.6 Å². The molecule has 0 saturated carbocycles. The van der Waals surface area contributed by atoms with Crippen molar-refractivity contribution in [2.45, 2.75) is 52.1 Å². The number of amides is 3. The van der Waals surface area contributed by atoms with Crippen molar-refractivity contribution in [2.24, 2.45) is 0 Å². The number of rotatable bonds is 4. The SMILES string of the molecule is Cc1ccc(-c2nc(CN3C(=O)NC(C)(c4ccc(C(C)(C)C)cc4)C3=O)co2)cc1. The van der Waals surface area contributed by atoms with Gasteiger partial charge < -0.3 is 9.73 Å². The molecule has 1 aliphatic heterocycles. The summed E-state index contributed by atoms with van der Waals surface area (Å²) in [7, 11) is 0. The molecule has 1 fully saturated rings. The first-order valence-corrected chi connectivity index (χ1v) is 10.3. The van der Waals surface area contributed by atoms with E-state index in [1.54, 1.807) is 6.92 Å². The normalized spacial score (nSPS) is 19.1. The lowest BCUT2D eigenvalue weighted by molar-refractivity contribution is -0.131. The summed E-state index contributed by atoms with van der Waals surface area (Å²) in [4.78, 5) is 31.5. The number of aromatic nitrogens is 1. The summed E-state index contributed by atoms with van der Waals surface area (Å²) in [6, 6.07) is 15.2. The van der Waals surface area contributed by atoms with Gasteiger partial charge in [0.1, 0.15) is 11.8 Å². The Balaban J connectivity index is 1.54. The number of nitrogens with one attached hydrogen (secondary N) is 1. The van der Waals surface area contributed by atoms with Crippen LogP contribution >= 0.6 is 0 Å². The van der Waals surface area contributed by atoms with Crippen LogP contribution in [0.1, 0.15) is 50.1 Å². The Hall–Kier alpha value is -3.41. The lowest BCUT2D eigenvalue weighted by Crippen LogP contribution is -2.40. The number of hydrogen-bond donors (Lipinski definition) is 1. The first-order valence-electron chi connectivity index (χ1n) is 10.3. The minimum Gasteiger partial charge on any atom is -0.444 e. The first-order chi connectivity index (χ1) is 14.6. The number of carbonyl (C=O) groups excluding carboxylic acids is 2. The van der Waals surface area contributed by atoms with Gasteiger partial charge in [-0.1, -0.05) is 62.7 Å². The maximum atomic E-state index is 13.2. The number of nitrogens with zero attached hydrogens (tertiary/aromatic N) is 2. The molecule has 4 rings (SSSR count). The van der Waals surface area contributed by atoms with Gasteiger partial charge in [0.05, 0.1) is 12.2 Å². The number of imide groups is 1. The van der Waals surface area contributed by atoms with E-state index in [9.17, 15) is 9.59 Å². The van der Waals surface area contributed by atoms with Crippen LogP contribution in [-0.4, -0.2) is 21.8 Å². The van der Waals surface area contributed by atoms with Gasteiger partial charge in [-0.3, -0.25) is 9.69 Å². The van der Waals surface area contributed by atoms with Gasteiger partial charge in [-0.15, -0.1) is 0 Å². The molecule has 0 bridgehead atoms. The summed E-state index contributed by atoms with van der Waals surface area (Å²) in [5, 5.41) is 2.85. The summed E-state index contributed by atoms with van der Waals surface area (Å²) in [6.45, 7) is 10.2. The Kier molecular flexibility index (Phi) is 4.96. The fraction of sp³-hybridized carbons (Fsp3) is 0.320. The van der Waals surface area contributed by atoms with E-state index in [0.29, 0.717) is 11.6 Å². The first kappa shape index (κ1) is 20.8. The number of urea groups is 1. The van der Waals surface area contributed by atoms with Crippen molar-refractivity contribution in [3.05, 3.63) is 77.2 Å². The average Bonchev–Trinajstić information content (AvgIpc) is 3.27. The van der Waals surface area contributed by atoms with E-state index >= 15 is 0 Å². The number of aryl methyl sites for hydroxylation is 1. The highest BCUT2D eigenvalue weighted by Gasteiger charge is 2.49. The van der Waals surface area contributed by atoms with Gasteiger partial charge >= 0.3 is 6.03 Å². The molecule has 6 nitrogen and oxygen atoms in total. The maximum absolute atomic E-state index is 13.2. The molecule has 1 saturated heterocycles. The van der Waals surface area contributed by atoms with Crippen molar-refractivity contribution in [1.29, 1.82) is 0 Å². The van der Waals surface area contributed by atoms with Crippen LogP contribution in [0.15, 0.2) is 59.2 Å². The Labute approximate surface area is 182 Å². The quantitative estimate of drug-likeness (QED) is 0.612. The highest BCUT2D eigenvalue weighted by Crippen LogP contribution is 2.32. The second kappa shape index (κ2) is 7.38. The van der Waals surface area contributed by atoms with Crippen LogP contribution in [-0.2, 0) is 22.3 Å². The third-order valence-electron chi connectivity index (χ3n) is 5.77. The van der Waals surface area contributed by atoms with Gasteiger partial charge in [-0.05, 0) is 42.5 Å². The molecular weight excluding hydrogens is 390 g/mol. The van der Waals surface area contributed by atoms with Gasteiger partial charge in [0.2, 0.25) is 5.89 Å². The molecule has 6 heteroatoms. The second-order valence-electron chi connectivity index (χ2n) is 9.28. The minimum atomic E-state index is -1.11. The average molecular weight is 418 g/mol. The maximum Gasteiger partial charge on any atom is 0.325 e. The van der Waals surface area contributed by atoms with Crippen molar-refractivity contribution >= 4 is 11.9 Å². The summed E-state index contributed by atoms with van der Waals surface area (Å²) in [5.74, 6) is 0.156. The summed E-state index contributed by atoms with van der Waals surface area (Å²) in [5.41, 5.74) is 3.32. The third kappa shape index (κ3) is 3.85. The van der Waals surface area contributed by atoms with E-state index in [2.05, 4.69) is 31.1 Å². The number of hydrogen-bond acceptors (Lipinski definition) is 4. The van der Waals surface area contributed by atoms with Crippen LogP contribution in [0.2, 0.25) is 0 Å². The summed E-state index contributed by atoms with van der Waals surface area (Å²) >= 11 is 0. The van der Waals surface area contributed by atoms with Gasteiger partial charge in [-0.2, -0.15) is 0 Å². The van der Waals surface area contributed by atoms with E-state index in [1.807, 2.05) is 55.5 Å². The topological polar surface area (TPSA) is 75.4 Å². The fourth-order valence-corrected chi connectivity index (χ4v) is 3.71. The molecule has 2 aromatic carbocycles. The molecule has 0 spiro atoms.